The molecule has 0 N–H and O–H groups in total. The van der Waals surface area contributed by atoms with Gasteiger partial charge in [-0.1, -0.05) is 15.9 Å². The zero-order valence-corrected chi connectivity index (χ0v) is 11.9. The number of alkyl halides is 1. The van der Waals surface area contributed by atoms with Crippen molar-refractivity contribution >= 4 is 49.1 Å². The number of likely N-dealkylation sites (tertiary alicyclic amines) is 1. The minimum atomic E-state index is 0.0440. The lowest BCUT2D eigenvalue weighted by Gasteiger charge is -2.29. The summed E-state index contributed by atoms with van der Waals surface area (Å²) in [6.45, 7) is 1.64. The molecule has 1 aliphatic rings. The molecule has 6 heteroatoms. The van der Waals surface area contributed by atoms with Crippen LogP contribution in [0.25, 0.3) is 0 Å². The largest absolute Gasteiger partial charge is 0.337 e. The summed E-state index contributed by atoms with van der Waals surface area (Å²) in [4.78, 5) is 18.5. The average Bonchev–Trinajstić information content (AvgIpc) is 2.65. The number of piperidine rings is 1. The molecular formula is C9H10Br2N2OS. The Morgan fingerprint density at radius 1 is 1.53 bits per heavy atom. The van der Waals surface area contributed by atoms with E-state index in [1.165, 1.54) is 11.3 Å². The second kappa shape index (κ2) is 4.93. The number of aromatic nitrogens is 1. The van der Waals surface area contributed by atoms with Crippen LogP contribution in [-0.4, -0.2) is 33.7 Å². The van der Waals surface area contributed by atoms with Gasteiger partial charge >= 0.3 is 0 Å². The molecule has 0 spiro atoms. The van der Waals surface area contributed by atoms with E-state index in [1.807, 2.05) is 4.90 Å². The van der Waals surface area contributed by atoms with Crippen molar-refractivity contribution in [2.45, 2.75) is 17.7 Å². The molecule has 15 heavy (non-hydrogen) atoms. The van der Waals surface area contributed by atoms with Crippen molar-refractivity contribution in [1.82, 2.24) is 9.88 Å². The van der Waals surface area contributed by atoms with Crippen molar-refractivity contribution in [1.29, 1.82) is 0 Å². The van der Waals surface area contributed by atoms with Gasteiger partial charge in [0.15, 0.2) is 5.69 Å². The quantitative estimate of drug-likeness (QED) is 0.727. The highest BCUT2D eigenvalue weighted by Gasteiger charge is 2.24. The van der Waals surface area contributed by atoms with Gasteiger partial charge < -0.3 is 4.90 Å². The Hall–Kier alpha value is 0.0600. The van der Waals surface area contributed by atoms with Crippen LogP contribution in [0.15, 0.2) is 9.30 Å². The van der Waals surface area contributed by atoms with Gasteiger partial charge in [-0.3, -0.25) is 4.79 Å². The van der Waals surface area contributed by atoms with Crippen molar-refractivity contribution in [3.8, 4) is 0 Å². The number of carbonyl (C=O) groups is 1. The van der Waals surface area contributed by atoms with E-state index < -0.39 is 0 Å². The number of hydrogen-bond acceptors (Lipinski definition) is 3. The highest BCUT2D eigenvalue weighted by molar-refractivity contribution is 9.11. The molecule has 1 aromatic rings. The van der Waals surface area contributed by atoms with Crippen LogP contribution in [0.5, 0.6) is 0 Å². The van der Waals surface area contributed by atoms with E-state index in [-0.39, 0.29) is 5.91 Å². The first kappa shape index (κ1) is 11.5. The number of thiazole rings is 1. The van der Waals surface area contributed by atoms with Crippen molar-refractivity contribution in [3.63, 3.8) is 0 Å². The topological polar surface area (TPSA) is 33.2 Å². The average molecular weight is 354 g/mol. The molecule has 1 amide bonds. The Kier molecular flexibility index (Phi) is 3.79. The van der Waals surface area contributed by atoms with Crippen molar-refractivity contribution in [2.75, 3.05) is 13.1 Å². The fourth-order valence-electron chi connectivity index (χ4n) is 1.57. The summed E-state index contributed by atoms with van der Waals surface area (Å²) in [5.74, 6) is 0.0440. The molecule has 0 radical (unpaired) electrons. The summed E-state index contributed by atoms with van der Waals surface area (Å²) in [5, 5.41) is 0. The van der Waals surface area contributed by atoms with Gasteiger partial charge in [0, 0.05) is 17.9 Å². The van der Waals surface area contributed by atoms with Gasteiger partial charge in [-0.15, -0.1) is 11.3 Å². The third-order valence-electron chi connectivity index (χ3n) is 2.44. The van der Waals surface area contributed by atoms with Gasteiger partial charge in [-0.2, -0.15) is 0 Å². The monoisotopic (exact) mass is 352 g/mol. The Balaban J connectivity index is 2.06. The lowest BCUT2D eigenvalue weighted by Crippen LogP contribution is -2.38. The number of carbonyl (C=O) groups excluding carboxylic acids is 1. The molecule has 1 saturated heterocycles. The van der Waals surface area contributed by atoms with Gasteiger partial charge in [0.2, 0.25) is 0 Å². The molecule has 0 atom stereocenters. The standard InChI is InChI=1S/C9H10Br2N2OS/c10-6-1-3-13(4-2-6)9(14)7-8(11)15-5-12-7/h5-6H,1-4H2. The smallest absolute Gasteiger partial charge is 0.274 e. The molecule has 2 heterocycles. The van der Waals surface area contributed by atoms with Crippen molar-refractivity contribution in [3.05, 3.63) is 15.0 Å². The molecule has 3 nitrogen and oxygen atoms in total. The minimum Gasteiger partial charge on any atom is -0.337 e. The van der Waals surface area contributed by atoms with Crippen molar-refractivity contribution in [2.24, 2.45) is 0 Å². The zero-order valence-electron chi connectivity index (χ0n) is 7.95. The van der Waals surface area contributed by atoms with Gasteiger partial charge in [-0.25, -0.2) is 4.98 Å². The fourth-order valence-corrected chi connectivity index (χ4v) is 3.01. The molecule has 0 bridgehead atoms. The number of halogens is 2. The molecule has 2 rings (SSSR count). The summed E-state index contributed by atoms with van der Waals surface area (Å²) in [6, 6.07) is 0. The van der Waals surface area contributed by atoms with Crippen LogP contribution >= 0.6 is 43.2 Å². The molecule has 0 aromatic carbocycles. The molecule has 1 fully saturated rings. The first-order valence-corrected chi connectivity index (χ1v) is 7.29. The van der Waals surface area contributed by atoms with Crippen LogP contribution in [0.4, 0.5) is 0 Å². The third kappa shape index (κ3) is 2.60. The van der Waals surface area contributed by atoms with Crippen LogP contribution in [0, 0.1) is 0 Å². The van der Waals surface area contributed by atoms with Gasteiger partial charge in [-0.05, 0) is 28.8 Å². The molecular weight excluding hydrogens is 344 g/mol. The summed E-state index contributed by atoms with van der Waals surface area (Å²) in [7, 11) is 0. The Labute approximate surface area is 109 Å². The van der Waals surface area contributed by atoms with E-state index in [0.29, 0.717) is 10.5 Å². The highest BCUT2D eigenvalue weighted by atomic mass is 79.9. The predicted octanol–water partition coefficient (Wildman–Crippen LogP) is 2.91. The molecule has 0 aliphatic carbocycles. The van der Waals surface area contributed by atoms with Crippen molar-refractivity contribution < 1.29 is 4.79 Å². The SMILES string of the molecule is O=C(c1ncsc1Br)N1CCC(Br)CC1. The summed E-state index contributed by atoms with van der Waals surface area (Å²) in [5.41, 5.74) is 2.24. The van der Waals surface area contributed by atoms with Gasteiger partial charge in [0.05, 0.1) is 5.51 Å². The predicted molar refractivity (Wildman–Crippen MR) is 67.7 cm³/mol. The molecule has 0 unspecified atom stereocenters. The maximum Gasteiger partial charge on any atom is 0.274 e. The van der Waals surface area contributed by atoms with Crippen LogP contribution in [0.3, 0.4) is 0 Å². The lowest BCUT2D eigenvalue weighted by atomic mass is 10.1. The molecule has 0 saturated carbocycles. The van der Waals surface area contributed by atoms with Crippen LogP contribution in [-0.2, 0) is 0 Å². The summed E-state index contributed by atoms with van der Waals surface area (Å²) in [6.07, 6.45) is 2.04. The van der Waals surface area contributed by atoms with E-state index >= 15 is 0 Å². The highest BCUT2D eigenvalue weighted by Crippen LogP contribution is 2.24. The maximum absolute atomic E-state index is 12.0. The summed E-state index contributed by atoms with van der Waals surface area (Å²) >= 11 is 8.36. The lowest BCUT2D eigenvalue weighted by molar-refractivity contribution is 0.0722. The Bertz CT molecular complexity index is 361. The van der Waals surface area contributed by atoms with Crippen LogP contribution in [0.1, 0.15) is 23.3 Å². The maximum atomic E-state index is 12.0. The third-order valence-corrected chi connectivity index (χ3v) is 4.90. The second-order valence-corrected chi connectivity index (χ2v) is 6.91. The van der Waals surface area contributed by atoms with E-state index in [0.717, 1.165) is 29.7 Å². The first-order valence-electron chi connectivity index (χ1n) is 4.71. The normalized spacial score (nSPS) is 18.1. The number of rotatable bonds is 1. The number of amides is 1. The van der Waals surface area contributed by atoms with Crippen LogP contribution in [0.2, 0.25) is 0 Å². The molecule has 1 aliphatic heterocycles. The summed E-state index contributed by atoms with van der Waals surface area (Å²) < 4.78 is 0.827. The Morgan fingerprint density at radius 3 is 2.73 bits per heavy atom. The second-order valence-electron chi connectivity index (χ2n) is 3.44. The zero-order chi connectivity index (χ0) is 10.8. The first-order chi connectivity index (χ1) is 7.18. The van der Waals surface area contributed by atoms with E-state index in [4.69, 9.17) is 0 Å². The van der Waals surface area contributed by atoms with E-state index in [2.05, 4.69) is 36.8 Å². The van der Waals surface area contributed by atoms with Crippen LogP contribution < -0.4 is 0 Å². The van der Waals surface area contributed by atoms with Gasteiger partial charge in [0.25, 0.3) is 5.91 Å². The van der Waals surface area contributed by atoms with Gasteiger partial charge in [0.1, 0.15) is 3.79 Å². The number of nitrogens with zero attached hydrogens (tertiary/aromatic N) is 2. The molecule has 1 aromatic heterocycles. The molecule has 82 valence electrons. The minimum absolute atomic E-state index is 0.0440. The fraction of sp³-hybridized carbons (Fsp3) is 0.556. The van der Waals surface area contributed by atoms with E-state index in [9.17, 15) is 4.79 Å². The van der Waals surface area contributed by atoms with E-state index in [1.54, 1.807) is 5.51 Å². The Morgan fingerprint density at radius 2 is 2.20 bits per heavy atom. The number of hydrogen-bond donors (Lipinski definition) is 0.